The van der Waals surface area contributed by atoms with Crippen molar-refractivity contribution in [2.75, 3.05) is 18.1 Å². The molecule has 5 nitrogen and oxygen atoms in total. The summed E-state index contributed by atoms with van der Waals surface area (Å²) in [5.41, 5.74) is 6.40. The zero-order chi connectivity index (χ0) is 12.5. The summed E-state index contributed by atoms with van der Waals surface area (Å²) >= 11 is 0. The first-order valence-corrected chi connectivity index (χ1v) is 7.67. The monoisotopic (exact) mass is 258 g/mol. The third-order valence-electron chi connectivity index (χ3n) is 3.22. The second-order valence-corrected chi connectivity index (χ2v) is 7.00. The van der Waals surface area contributed by atoms with Gasteiger partial charge in [-0.2, -0.15) is 0 Å². The second-order valence-electron chi connectivity index (χ2n) is 4.78. The lowest BCUT2D eigenvalue weighted by molar-refractivity contribution is 0.446. The summed E-state index contributed by atoms with van der Waals surface area (Å²) in [5.74, 6) is 1.52. The van der Waals surface area contributed by atoms with Crippen LogP contribution in [0.25, 0.3) is 0 Å². The summed E-state index contributed by atoms with van der Waals surface area (Å²) in [4.78, 5) is 4.35. The molecule has 96 valence electrons. The molecular weight excluding hydrogens is 240 g/mol. The summed E-state index contributed by atoms with van der Waals surface area (Å²) in [7, 11) is -2.82. The molecule has 6 heteroatoms. The van der Waals surface area contributed by atoms with Crippen LogP contribution in [0.5, 0.6) is 0 Å². The molecule has 0 aliphatic carbocycles. The Morgan fingerprint density at radius 1 is 1.65 bits per heavy atom. The quantitative estimate of drug-likeness (QED) is 0.859. The molecule has 2 atom stereocenters. The van der Waals surface area contributed by atoms with Gasteiger partial charge in [-0.15, -0.1) is 0 Å². The van der Waals surface area contributed by atoms with Gasteiger partial charge in [0.25, 0.3) is 0 Å². The predicted molar refractivity (Wildman–Crippen MR) is 64.4 cm³/mol. The van der Waals surface area contributed by atoms with Gasteiger partial charge < -0.3 is 10.2 Å². The van der Waals surface area contributed by atoms with Gasteiger partial charge in [0.1, 0.15) is 6.26 Å². The van der Waals surface area contributed by atoms with Crippen LogP contribution in [0.3, 0.4) is 0 Å². The smallest absolute Gasteiger partial charge is 0.194 e. The number of aromatic nitrogens is 1. The fourth-order valence-corrected chi connectivity index (χ4v) is 3.91. The molecule has 1 aromatic rings. The van der Waals surface area contributed by atoms with Crippen LogP contribution in [-0.4, -0.2) is 31.5 Å². The Bertz CT molecular complexity index is 481. The van der Waals surface area contributed by atoms with Crippen molar-refractivity contribution < 1.29 is 12.8 Å². The Morgan fingerprint density at radius 2 is 2.41 bits per heavy atom. The van der Waals surface area contributed by atoms with Crippen LogP contribution in [0, 0.1) is 5.92 Å². The van der Waals surface area contributed by atoms with Crippen molar-refractivity contribution in [3.05, 3.63) is 17.8 Å². The van der Waals surface area contributed by atoms with Gasteiger partial charge in [0.15, 0.2) is 15.7 Å². The van der Waals surface area contributed by atoms with Crippen molar-refractivity contribution in [1.29, 1.82) is 0 Å². The van der Waals surface area contributed by atoms with Crippen molar-refractivity contribution in [3.8, 4) is 0 Å². The van der Waals surface area contributed by atoms with E-state index in [2.05, 4.69) is 4.98 Å². The zero-order valence-corrected chi connectivity index (χ0v) is 10.7. The van der Waals surface area contributed by atoms with Gasteiger partial charge in [0.05, 0.1) is 17.2 Å². The summed E-state index contributed by atoms with van der Waals surface area (Å²) in [6, 6.07) is 0. The molecule has 17 heavy (non-hydrogen) atoms. The van der Waals surface area contributed by atoms with E-state index in [9.17, 15) is 8.42 Å². The van der Waals surface area contributed by atoms with Crippen LogP contribution < -0.4 is 5.73 Å². The largest absolute Gasteiger partial charge is 0.449 e. The Labute approximate surface area is 101 Å². The molecule has 1 saturated heterocycles. The van der Waals surface area contributed by atoms with Crippen molar-refractivity contribution >= 4 is 9.84 Å². The van der Waals surface area contributed by atoms with Crippen molar-refractivity contribution in [1.82, 2.24) is 4.98 Å². The lowest BCUT2D eigenvalue weighted by atomic mass is 10.1. The molecule has 2 heterocycles. The van der Waals surface area contributed by atoms with Crippen LogP contribution >= 0.6 is 0 Å². The van der Waals surface area contributed by atoms with Gasteiger partial charge in [-0.1, -0.05) is 6.92 Å². The van der Waals surface area contributed by atoms with E-state index in [1.54, 1.807) is 6.26 Å². The Hall–Kier alpha value is -0.880. The molecule has 0 saturated carbocycles. The predicted octanol–water partition coefficient (Wildman–Crippen LogP) is 0.714. The molecule has 0 aromatic carbocycles. The fraction of sp³-hybridized carbons (Fsp3) is 0.727. The number of oxazole rings is 1. The topological polar surface area (TPSA) is 86.2 Å². The van der Waals surface area contributed by atoms with Gasteiger partial charge in [0.2, 0.25) is 0 Å². The number of nitrogens with two attached hydrogens (primary N) is 1. The molecule has 1 aliphatic heterocycles. The minimum Gasteiger partial charge on any atom is -0.449 e. The average molecular weight is 258 g/mol. The molecule has 0 amide bonds. The first-order chi connectivity index (χ1) is 8.00. The van der Waals surface area contributed by atoms with Crippen LogP contribution in [0.1, 0.15) is 30.8 Å². The molecule has 0 spiro atoms. The van der Waals surface area contributed by atoms with Crippen LogP contribution in [-0.2, 0) is 16.3 Å². The Morgan fingerprint density at radius 3 is 3.00 bits per heavy atom. The van der Waals surface area contributed by atoms with Crippen LogP contribution in [0.4, 0.5) is 0 Å². The number of hydrogen-bond acceptors (Lipinski definition) is 5. The standard InChI is InChI=1S/C11H18N2O3S/c1-8(5-12)10-6-16-11(13-10)4-9-2-3-17(14,15)7-9/h6,8-9H,2-5,7,12H2,1H3. The van der Waals surface area contributed by atoms with E-state index in [-0.39, 0.29) is 17.6 Å². The van der Waals surface area contributed by atoms with E-state index >= 15 is 0 Å². The second kappa shape index (κ2) is 4.78. The maximum atomic E-state index is 11.3. The van der Waals surface area contributed by atoms with Gasteiger partial charge in [0, 0.05) is 18.9 Å². The Kier molecular flexibility index (Phi) is 3.53. The first-order valence-electron chi connectivity index (χ1n) is 5.85. The maximum Gasteiger partial charge on any atom is 0.194 e. The highest BCUT2D eigenvalue weighted by Crippen LogP contribution is 2.23. The van der Waals surface area contributed by atoms with Crippen molar-refractivity contribution in [2.24, 2.45) is 11.7 Å². The molecule has 0 bridgehead atoms. The number of hydrogen-bond donors (Lipinski definition) is 1. The van der Waals surface area contributed by atoms with Crippen molar-refractivity contribution in [2.45, 2.75) is 25.7 Å². The van der Waals surface area contributed by atoms with Gasteiger partial charge >= 0.3 is 0 Å². The zero-order valence-electron chi connectivity index (χ0n) is 9.93. The summed E-state index contributed by atoms with van der Waals surface area (Å²) in [6.07, 6.45) is 2.94. The van der Waals surface area contributed by atoms with E-state index in [1.165, 1.54) is 0 Å². The minimum absolute atomic E-state index is 0.152. The SMILES string of the molecule is CC(CN)c1coc(CC2CCS(=O)(=O)C2)n1. The van der Waals surface area contributed by atoms with Gasteiger partial charge in [-0.25, -0.2) is 13.4 Å². The van der Waals surface area contributed by atoms with Gasteiger partial charge in [-0.05, 0) is 12.3 Å². The van der Waals surface area contributed by atoms with E-state index in [0.717, 1.165) is 5.69 Å². The summed E-state index contributed by atoms with van der Waals surface area (Å²) < 4.78 is 28.0. The van der Waals surface area contributed by atoms with Crippen LogP contribution in [0.2, 0.25) is 0 Å². The lowest BCUT2D eigenvalue weighted by Gasteiger charge is -2.03. The fourth-order valence-electron chi connectivity index (χ4n) is 2.05. The van der Waals surface area contributed by atoms with E-state index < -0.39 is 9.84 Å². The highest BCUT2D eigenvalue weighted by molar-refractivity contribution is 7.91. The van der Waals surface area contributed by atoms with E-state index in [0.29, 0.717) is 31.0 Å². The molecule has 2 N–H and O–H groups in total. The third-order valence-corrected chi connectivity index (χ3v) is 5.05. The molecular formula is C11H18N2O3S. The summed E-state index contributed by atoms with van der Waals surface area (Å²) in [5, 5.41) is 0. The Balaban J connectivity index is 1.98. The number of rotatable bonds is 4. The highest BCUT2D eigenvalue weighted by Gasteiger charge is 2.29. The molecule has 2 rings (SSSR count). The minimum atomic E-state index is -2.82. The lowest BCUT2D eigenvalue weighted by Crippen LogP contribution is -2.10. The normalized spacial score (nSPS) is 24.9. The number of nitrogens with zero attached hydrogens (tertiary/aromatic N) is 1. The third kappa shape index (κ3) is 3.07. The molecule has 2 unspecified atom stereocenters. The maximum absolute atomic E-state index is 11.3. The first kappa shape index (κ1) is 12.6. The number of sulfone groups is 1. The molecule has 1 aromatic heterocycles. The highest BCUT2D eigenvalue weighted by atomic mass is 32.2. The van der Waals surface area contributed by atoms with Crippen LogP contribution in [0.15, 0.2) is 10.7 Å². The van der Waals surface area contributed by atoms with Crippen molar-refractivity contribution in [3.63, 3.8) is 0 Å². The van der Waals surface area contributed by atoms with Gasteiger partial charge in [-0.3, -0.25) is 0 Å². The van der Waals surface area contributed by atoms with E-state index in [1.807, 2.05) is 6.92 Å². The summed E-state index contributed by atoms with van der Waals surface area (Å²) in [6.45, 7) is 2.52. The van der Waals surface area contributed by atoms with E-state index in [4.69, 9.17) is 10.2 Å². The molecule has 0 radical (unpaired) electrons. The average Bonchev–Trinajstić information content (AvgIpc) is 2.85. The molecule has 1 fully saturated rings. The molecule has 1 aliphatic rings.